The second-order valence-corrected chi connectivity index (χ2v) is 4.65. The third-order valence-corrected chi connectivity index (χ3v) is 3.21. The Morgan fingerprint density at radius 2 is 2.05 bits per heavy atom. The van der Waals surface area contributed by atoms with E-state index in [1.807, 2.05) is 5.32 Å². The molecule has 8 heteroatoms. The molecule has 0 unspecified atom stereocenters. The van der Waals surface area contributed by atoms with Crippen molar-refractivity contribution >= 4 is 17.6 Å². The second kappa shape index (κ2) is 7.34. The molecule has 0 saturated carbocycles. The summed E-state index contributed by atoms with van der Waals surface area (Å²) < 4.78 is 0. The minimum atomic E-state index is -0.904. The van der Waals surface area contributed by atoms with E-state index in [1.54, 1.807) is 37.1 Å². The van der Waals surface area contributed by atoms with E-state index in [1.165, 1.54) is 6.07 Å². The molecule has 1 rings (SSSR count). The summed E-state index contributed by atoms with van der Waals surface area (Å²) in [5.41, 5.74) is 5.54. The van der Waals surface area contributed by atoms with Gasteiger partial charge < -0.3 is 5.73 Å². The van der Waals surface area contributed by atoms with Crippen molar-refractivity contribution in [3.05, 3.63) is 39.9 Å². The average molecular weight is 294 g/mol. The third kappa shape index (κ3) is 4.84. The number of likely N-dealkylation sites (N-methyl/N-ethyl adjacent to an activating group) is 1. The molecule has 0 heterocycles. The molecule has 1 atom stereocenters. The Balaban J connectivity index is 2.64. The highest BCUT2D eigenvalue weighted by Crippen LogP contribution is 2.18. The van der Waals surface area contributed by atoms with Crippen LogP contribution in [0.15, 0.2) is 24.3 Å². The van der Waals surface area contributed by atoms with E-state index in [9.17, 15) is 19.7 Å². The third-order valence-electron chi connectivity index (χ3n) is 3.21. The van der Waals surface area contributed by atoms with Crippen molar-refractivity contribution in [1.29, 1.82) is 0 Å². The van der Waals surface area contributed by atoms with Crippen LogP contribution < -0.4 is 11.1 Å². The van der Waals surface area contributed by atoms with Crippen LogP contribution >= 0.6 is 0 Å². The van der Waals surface area contributed by atoms with Gasteiger partial charge in [-0.1, -0.05) is 18.2 Å². The molecule has 0 bridgehead atoms. The largest absolute Gasteiger partial charge is 0.351 e. The number of urea groups is 1. The van der Waals surface area contributed by atoms with Crippen LogP contribution in [0.2, 0.25) is 0 Å². The van der Waals surface area contributed by atoms with Crippen LogP contribution in [0.1, 0.15) is 12.5 Å². The number of primary amides is 1. The number of para-hydroxylation sites is 1. The summed E-state index contributed by atoms with van der Waals surface area (Å²) in [6.07, 6.45) is 0.418. The van der Waals surface area contributed by atoms with Gasteiger partial charge in [0.25, 0.3) is 5.69 Å². The van der Waals surface area contributed by atoms with Crippen molar-refractivity contribution < 1.29 is 14.5 Å². The number of amides is 3. The molecule has 0 aliphatic carbocycles. The van der Waals surface area contributed by atoms with E-state index in [2.05, 4.69) is 0 Å². The molecular weight excluding hydrogens is 276 g/mol. The Hall–Kier alpha value is -2.48. The predicted molar refractivity (Wildman–Crippen MR) is 76.6 cm³/mol. The summed E-state index contributed by atoms with van der Waals surface area (Å²) >= 11 is 0. The molecule has 0 saturated heterocycles. The summed E-state index contributed by atoms with van der Waals surface area (Å²) in [5, 5.41) is 12.9. The number of hydrogen-bond donors (Lipinski definition) is 2. The molecule has 21 heavy (non-hydrogen) atoms. The van der Waals surface area contributed by atoms with Gasteiger partial charge in [-0.25, -0.2) is 4.79 Å². The number of carbonyl (C=O) groups excluding carboxylic acids is 2. The molecular formula is C13H18N4O4. The lowest BCUT2D eigenvalue weighted by Gasteiger charge is -2.23. The lowest BCUT2D eigenvalue weighted by molar-refractivity contribution is -0.385. The Kier molecular flexibility index (Phi) is 5.79. The number of nitro benzene ring substituents is 1. The number of rotatable bonds is 6. The standard InChI is InChI=1S/C13H18N4O4/c1-9(12(18)15-13(14)19)16(2)8-7-10-5-3-4-6-11(10)17(20)21/h3-6,9H,7-8H2,1-2H3,(H3,14,15,18,19)/t9-/m0/s1. The van der Waals surface area contributed by atoms with Gasteiger partial charge in [0.1, 0.15) is 0 Å². The van der Waals surface area contributed by atoms with Crippen LogP contribution in [-0.2, 0) is 11.2 Å². The molecule has 0 radical (unpaired) electrons. The number of carbonyl (C=O) groups is 2. The van der Waals surface area contributed by atoms with Crippen molar-refractivity contribution in [3.63, 3.8) is 0 Å². The van der Waals surface area contributed by atoms with Crippen LogP contribution in [0.4, 0.5) is 10.5 Å². The van der Waals surface area contributed by atoms with E-state index in [0.29, 0.717) is 18.5 Å². The maximum absolute atomic E-state index is 11.6. The molecule has 1 aromatic rings. The topological polar surface area (TPSA) is 119 Å². The van der Waals surface area contributed by atoms with Crippen molar-refractivity contribution in [2.45, 2.75) is 19.4 Å². The highest BCUT2D eigenvalue weighted by atomic mass is 16.6. The Morgan fingerprint density at radius 1 is 1.43 bits per heavy atom. The fourth-order valence-corrected chi connectivity index (χ4v) is 1.82. The normalized spacial score (nSPS) is 12.0. The molecule has 1 aromatic carbocycles. The summed E-state index contributed by atoms with van der Waals surface area (Å²) in [7, 11) is 1.69. The maximum Gasteiger partial charge on any atom is 0.318 e. The first-order valence-electron chi connectivity index (χ1n) is 6.35. The van der Waals surface area contributed by atoms with Crippen LogP contribution in [0, 0.1) is 10.1 Å². The molecule has 3 amide bonds. The quantitative estimate of drug-likeness (QED) is 0.590. The number of imide groups is 1. The number of nitrogens with one attached hydrogen (secondary N) is 1. The molecule has 0 aliphatic rings. The van der Waals surface area contributed by atoms with Crippen molar-refractivity contribution in [1.82, 2.24) is 10.2 Å². The van der Waals surface area contributed by atoms with Gasteiger partial charge >= 0.3 is 6.03 Å². The van der Waals surface area contributed by atoms with E-state index in [4.69, 9.17) is 5.73 Å². The summed E-state index contributed by atoms with van der Waals surface area (Å²) in [6.45, 7) is 2.05. The summed E-state index contributed by atoms with van der Waals surface area (Å²) in [4.78, 5) is 34.4. The van der Waals surface area contributed by atoms with Crippen molar-refractivity contribution in [3.8, 4) is 0 Å². The SMILES string of the molecule is C[C@@H](C(=O)NC(N)=O)N(C)CCc1ccccc1[N+](=O)[O-]. The van der Waals surface area contributed by atoms with E-state index >= 15 is 0 Å². The summed E-state index contributed by atoms with van der Waals surface area (Å²) in [5.74, 6) is -0.507. The first-order valence-corrected chi connectivity index (χ1v) is 6.35. The van der Waals surface area contributed by atoms with E-state index < -0.39 is 22.9 Å². The number of benzene rings is 1. The van der Waals surface area contributed by atoms with Crippen LogP contribution in [0.25, 0.3) is 0 Å². The van der Waals surface area contributed by atoms with Gasteiger partial charge in [0.05, 0.1) is 11.0 Å². The zero-order valence-corrected chi connectivity index (χ0v) is 11.9. The average Bonchev–Trinajstić information content (AvgIpc) is 2.43. The second-order valence-electron chi connectivity index (χ2n) is 4.65. The number of nitrogens with zero attached hydrogens (tertiary/aromatic N) is 2. The van der Waals surface area contributed by atoms with E-state index in [-0.39, 0.29) is 5.69 Å². The number of hydrogen-bond acceptors (Lipinski definition) is 5. The van der Waals surface area contributed by atoms with Gasteiger partial charge in [0.15, 0.2) is 0 Å². The zero-order valence-electron chi connectivity index (χ0n) is 11.9. The Morgan fingerprint density at radius 3 is 2.62 bits per heavy atom. The maximum atomic E-state index is 11.6. The van der Waals surface area contributed by atoms with Gasteiger partial charge in [-0.3, -0.25) is 25.1 Å². The van der Waals surface area contributed by atoms with Gasteiger partial charge in [-0.2, -0.15) is 0 Å². The lowest BCUT2D eigenvalue weighted by Crippen LogP contribution is -2.47. The Bertz CT molecular complexity index is 547. The van der Waals surface area contributed by atoms with Crippen molar-refractivity contribution in [2.24, 2.45) is 5.73 Å². The molecule has 3 N–H and O–H groups in total. The van der Waals surface area contributed by atoms with Crippen LogP contribution in [0.3, 0.4) is 0 Å². The number of nitro groups is 1. The predicted octanol–water partition coefficient (Wildman–Crippen LogP) is 0.653. The minimum Gasteiger partial charge on any atom is -0.351 e. The molecule has 0 aromatic heterocycles. The molecule has 0 spiro atoms. The lowest BCUT2D eigenvalue weighted by atomic mass is 10.1. The van der Waals surface area contributed by atoms with Gasteiger partial charge in [-0.15, -0.1) is 0 Å². The zero-order chi connectivity index (χ0) is 16.0. The summed E-state index contributed by atoms with van der Waals surface area (Å²) in [6, 6.07) is 4.98. The first kappa shape index (κ1) is 16.6. The molecule has 8 nitrogen and oxygen atoms in total. The first-order chi connectivity index (χ1) is 9.82. The molecule has 114 valence electrons. The Labute approximate surface area is 122 Å². The van der Waals surface area contributed by atoms with Gasteiger partial charge in [0.2, 0.25) is 5.91 Å². The fraction of sp³-hybridized carbons (Fsp3) is 0.385. The molecule has 0 fully saturated rings. The van der Waals surface area contributed by atoms with Crippen molar-refractivity contribution in [2.75, 3.05) is 13.6 Å². The van der Waals surface area contributed by atoms with Crippen LogP contribution in [-0.4, -0.2) is 41.4 Å². The van der Waals surface area contributed by atoms with Gasteiger partial charge in [0, 0.05) is 18.2 Å². The minimum absolute atomic E-state index is 0.0557. The smallest absolute Gasteiger partial charge is 0.318 e. The van der Waals surface area contributed by atoms with Crippen LogP contribution in [0.5, 0.6) is 0 Å². The fourth-order valence-electron chi connectivity index (χ4n) is 1.82. The molecule has 0 aliphatic heterocycles. The van der Waals surface area contributed by atoms with Gasteiger partial charge in [-0.05, 0) is 20.4 Å². The highest BCUT2D eigenvalue weighted by Gasteiger charge is 2.20. The van der Waals surface area contributed by atoms with E-state index in [0.717, 1.165) is 0 Å². The highest BCUT2D eigenvalue weighted by molar-refractivity contribution is 5.96. The number of nitrogens with two attached hydrogens (primary N) is 1. The monoisotopic (exact) mass is 294 g/mol.